The molecule has 1 aliphatic rings. The van der Waals surface area contributed by atoms with Crippen molar-refractivity contribution in [1.82, 2.24) is 14.6 Å². The number of aromatic nitrogens is 1. The summed E-state index contributed by atoms with van der Waals surface area (Å²) in [6.45, 7) is 0.388. The maximum atomic E-state index is 12.2. The predicted octanol–water partition coefficient (Wildman–Crippen LogP) is 1.81. The van der Waals surface area contributed by atoms with Crippen LogP contribution in [0.3, 0.4) is 0 Å². The predicted molar refractivity (Wildman–Crippen MR) is 77.2 cm³/mol. The van der Waals surface area contributed by atoms with Crippen LogP contribution < -0.4 is 4.72 Å². The van der Waals surface area contributed by atoms with Crippen LogP contribution in [0.2, 0.25) is 10.2 Å². The maximum absolute atomic E-state index is 12.2. The molecule has 21 heavy (non-hydrogen) atoms. The normalized spacial score (nSPS) is 19.0. The highest BCUT2D eigenvalue weighted by molar-refractivity contribution is 7.89. The third-order valence-corrected chi connectivity index (χ3v) is 5.25. The molecule has 0 saturated carbocycles. The van der Waals surface area contributed by atoms with Gasteiger partial charge in [-0.05, 0) is 18.9 Å². The maximum Gasteiger partial charge on any atom is 0.407 e. The molecule has 0 unspecified atom stereocenters. The Hall–Kier alpha value is -1.09. The summed E-state index contributed by atoms with van der Waals surface area (Å²) in [5, 5.41) is 8.97. The molecule has 1 aromatic rings. The van der Waals surface area contributed by atoms with Gasteiger partial charge in [0.15, 0.2) is 0 Å². The summed E-state index contributed by atoms with van der Waals surface area (Å²) in [5.74, 6) is 0. The summed E-state index contributed by atoms with van der Waals surface area (Å²) in [6.07, 6.45) is 1.50. The summed E-state index contributed by atoms with van der Waals surface area (Å²) in [6, 6.07) is 0.811. The molecule has 2 heterocycles. The summed E-state index contributed by atoms with van der Waals surface area (Å²) >= 11 is 11.5. The zero-order valence-corrected chi connectivity index (χ0v) is 13.1. The number of carboxylic acid groups (broad SMARTS) is 1. The van der Waals surface area contributed by atoms with Crippen LogP contribution in [-0.4, -0.2) is 48.6 Å². The zero-order chi connectivity index (χ0) is 15.6. The van der Waals surface area contributed by atoms with Crippen molar-refractivity contribution < 1.29 is 18.3 Å². The van der Waals surface area contributed by atoms with E-state index in [4.69, 9.17) is 28.3 Å². The summed E-state index contributed by atoms with van der Waals surface area (Å²) < 4.78 is 26.7. The second kappa shape index (κ2) is 6.35. The lowest BCUT2D eigenvalue weighted by atomic mass is 10.2. The van der Waals surface area contributed by atoms with E-state index in [0.29, 0.717) is 19.4 Å². The van der Waals surface area contributed by atoms with Crippen molar-refractivity contribution >= 4 is 39.3 Å². The number of likely N-dealkylation sites (tertiary alicyclic amines) is 1. The van der Waals surface area contributed by atoms with Gasteiger partial charge in [-0.2, -0.15) is 0 Å². The van der Waals surface area contributed by atoms with Crippen molar-refractivity contribution in [3.63, 3.8) is 0 Å². The van der Waals surface area contributed by atoms with Crippen molar-refractivity contribution in [2.75, 3.05) is 13.1 Å². The summed E-state index contributed by atoms with van der Waals surface area (Å²) in [7, 11) is -3.90. The van der Waals surface area contributed by atoms with Crippen LogP contribution in [-0.2, 0) is 10.0 Å². The Bertz CT molecular complexity index is 653. The molecule has 1 aromatic heterocycles. The molecule has 0 radical (unpaired) electrons. The largest absolute Gasteiger partial charge is 0.465 e. The first kappa shape index (κ1) is 16.3. The van der Waals surface area contributed by atoms with E-state index in [0.717, 1.165) is 0 Å². The number of amides is 1. The number of hydrogen-bond acceptors (Lipinski definition) is 4. The Morgan fingerprint density at radius 2 is 2.24 bits per heavy atom. The average Bonchev–Trinajstić information content (AvgIpc) is 2.88. The van der Waals surface area contributed by atoms with Gasteiger partial charge in [0, 0.05) is 25.3 Å². The number of sulfonamides is 1. The molecule has 1 fully saturated rings. The lowest BCUT2D eigenvalue weighted by Gasteiger charge is -2.21. The molecule has 2 N–H and O–H groups in total. The molecule has 0 bridgehead atoms. The SMILES string of the molecule is O=C(O)N1CCC[C@@H]1CNS(=O)(=O)c1cc(Cl)cnc1Cl. The second-order valence-electron chi connectivity index (χ2n) is 4.57. The summed E-state index contributed by atoms with van der Waals surface area (Å²) in [5.41, 5.74) is 0. The van der Waals surface area contributed by atoms with Crippen LogP contribution in [0.1, 0.15) is 12.8 Å². The molecule has 1 atom stereocenters. The fraction of sp³-hybridized carbons (Fsp3) is 0.455. The second-order valence-corrected chi connectivity index (χ2v) is 7.10. The molecular weight excluding hydrogens is 341 g/mol. The lowest BCUT2D eigenvalue weighted by Crippen LogP contribution is -2.42. The van der Waals surface area contributed by atoms with Crippen molar-refractivity contribution in [1.29, 1.82) is 0 Å². The molecule has 2 rings (SSSR count). The highest BCUT2D eigenvalue weighted by Crippen LogP contribution is 2.23. The van der Waals surface area contributed by atoms with E-state index >= 15 is 0 Å². The molecule has 0 spiro atoms. The number of pyridine rings is 1. The van der Waals surface area contributed by atoms with E-state index in [1.54, 1.807) is 0 Å². The minimum Gasteiger partial charge on any atom is -0.465 e. The van der Waals surface area contributed by atoms with Gasteiger partial charge in [0.05, 0.1) is 5.02 Å². The van der Waals surface area contributed by atoms with Crippen LogP contribution in [0.4, 0.5) is 4.79 Å². The van der Waals surface area contributed by atoms with Gasteiger partial charge in [0.25, 0.3) is 0 Å². The van der Waals surface area contributed by atoms with Gasteiger partial charge in [0.1, 0.15) is 10.0 Å². The molecule has 0 aromatic carbocycles. The van der Waals surface area contributed by atoms with E-state index in [1.807, 2.05) is 0 Å². The van der Waals surface area contributed by atoms with Crippen LogP contribution in [0, 0.1) is 0 Å². The smallest absolute Gasteiger partial charge is 0.407 e. The molecule has 10 heteroatoms. The first-order chi connectivity index (χ1) is 9.81. The van der Waals surface area contributed by atoms with Crippen molar-refractivity contribution in [3.05, 3.63) is 22.4 Å². The van der Waals surface area contributed by atoms with Crippen molar-refractivity contribution in [2.24, 2.45) is 0 Å². The van der Waals surface area contributed by atoms with Gasteiger partial charge in [-0.3, -0.25) is 0 Å². The fourth-order valence-corrected chi connectivity index (χ4v) is 3.93. The zero-order valence-electron chi connectivity index (χ0n) is 10.8. The number of nitrogens with one attached hydrogen (secondary N) is 1. The average molecular weight is 354 g/mol. The van der Waals surface area contributed by atoms with Crippen LogP contribution in [0.5, 0.6) is 0 Å². The lowest BCUT2D eigenvalue weighted by molar-refractivity contribution is 0.140. The van der Waals surface area contributed by atoms with E-state index in [1.165, 1.54) is 17.2 Å². The van der Waals surface area contributed by atoms with Crippen LogP contribution in [0.15, 0.2) is 17.2 Å². The van der Waals surface area contributed by atoms with E-state index in [9.17, 15) is 13.2 Å². The van der Waals surface area contributed by atoms with Gasteiger partial charge in [0.2, 0.25) is 10.0 Å². The minimum absolute atomic E-state index is 0.0164. The van der Waals surface area contributed by atoms with E-state index in [-0.39, 0.29) is 27.7 Å². The minimum atomic E-state index is -3.90. The number of halogens is 2. The first-order valence-corrected chi connectivity index (χ1v) is 8.35. The van der Waals surface area contributed by atoms with Gasteiger partial charge in [-0.25, -0.2) is 22.9 Å². The highest BCUT2D eigenvalue weighted by Gasteiger charge is 2.30. The summed E-state index contributed by atoms with van der Waals surface area (Å²) in [4.78, 5) is 15.7. The van der Waals surface area contributed by atoms with Crippen molar-refractivity contribution in [3.8, 4) is 0 Å². The third-order valence-electron chi connectivity index (χ3n) is 3.19. The fourth-order valence-electron chi connectivity index (χ4n) is 2.18. The molecule has 7 nitrogen and oxygen atoms in total. The Kier molecular flexibility index (Phi) is 4.92. The molecule has 0 aliphatic carbocycles. The molecule has 1 amide bonds. The van der Waals surface area contributed by atoms with E-state index < -0.39 is 16.1 Å². The third kappa shape index (κ3) is 3.76. The number of nitrogens with zero attached hydrogens (tertiary/aromatic N) is 2. The monoisotopic (exact) mass is 353 g/mol. The van der Waals surface area contributed by atoms with Gasteiger partial charge in [-0.1, -0.05) is 23.2 Å². The standard InChI is InChI=1S/C11H13Cl2N3O4S/c12-7-4-9(10(13)14-5-7)21(19,20)15-6-8-2-1-3-16(8)11(17)18/h4-5,8,15H,1-3,6H2,(H,17,18)/t8-/m1/s1. The Morgan fingerprint density at radius 3 is 2.90 bits per heavy atom. The number of rotatable bonds is 4. The van der Waals surface area contributed by atoms with Gasteiger partial charge < -0.3 is 10.0 Å². The molecule has 1 aliphatic heterocycles. The molecule has 116 valence electrons. The topological polar surface area (TPSA) is 99.6 Å². The van der Waals surface area contributed by atoms with Crippen LogP contribution >= 0.6 is 23.2 Å². The number of carbonyl (C=O) groups is 1. The van der Waals surface area contributed by atoms with E-state index in [2.05, 4.69) is 9.71 Å². The van der Waals surface area contributed by atoms with Gasteiger partial charge in [-0.15, -0.1) is 0 Å². The van der Waals surface area contributed by atoms with Crippen LogP contribution in [0.25, 0.3) is 0 Å². The quantitative estimate of drug-likeness (QED) is 0.804. The number of hydrogen-bond donors (Lipinski definition) is 2. The van der Waals surface area contributed by atoms with Gasteiger partial charge >= 0.3 is 6.09 Å². The Morgan fingerprint density at radius 1 is 1.52 bits per heavy atom. The Balaban J connectivity index is 2.11. The van der Waals surface area contributed by atoms with Crippen molar-refractivity contribution in [2.45, 2.75) is 23.8 Å². The Labute approximate surface area is 131 Å². The molecular formula is C11H13Cl2N3O4S. The molecule has 1 saturated heterocycles. The first-order valence-electron chi connectivity index (χ1n) is 6.11. The highest BCUT2D eigenvalue weighted by atomic mass is 35.5.